The zero-order chi connectivity index (χ0) is 15.8. The molecule has 4 rings (SSSR count). The third-order valence-electron chi connectivity index (χ3n) is 3.50. The van der Waals surface area contributed by atoms with Gasteiger partial charge in [-0.2, -0.15) is 0 Å². The summed E-state index contributed by atoms with van der Waals surface area (Å²) in [6, 6.07) is 11.5. The molecule has 0 aliphatic rings. The predicted molar refractivity (Wildman–Crippen MR) is 86.8 cm³/mol. The van der Waals surface area contributed by atoms with Crippen molar-refractivity contribution in [2.75, 3.05) is 0 Å². The van der Waals surface area contributed by atoms with Crippen LogP contribution in [0.1, 0.15) is 5.56 Å². The topological polar surface area (TPSA) is 80.0 Å². The van der Waals surface area contributed by atoms with Gasteiger partial charge in [0.05, 0.1) is 0 Å². The van der Waals surface area contributed by atoms with Gasteiger partial charge in [0.25, 0.3) is 0 Å². The van der Waals surface area contributed by atoms with Crippen molar-refractivity contribution in [3.63, 3.8) is 0 Å². The van der Waals surface area contributed by atoms with E-state index in [1.807, 2.05) is 24.3 Å². The Morgan fingerprint density at radius 3 is 2.74 bits per heavy atom. The van der Waals surface area contributed by atoms with Gasteiger partial charge in [0.1, 0.15) is 0 Å². The van der Waals surface area contributed by atoms with Crippen molar-refractivity contribution < 1.29 is 4.42 Å². The summed E-state index contributed by atoms with van der Waals surface area (Å²) in [4.78, 5) is 8.55. The number of aromatic nitrogens is 4. The standard InChI is InChI=1S/C16H10AsN5O/c17-15-12(9-18)11(10-3-5-19-6-4-10)8-14-20-16(21-22(14)15)13-2-1-7-23-13/h1-8H,17H2. The maximum absolute atomic E-state index is 9.58. The van der Waals surface area contributed by atoms with Crippen LogP contribution in [-0.4, -0.2) is 36.4 Å². The molecule has 0 spiro atoms. The molecule has 4 aromatic rings. The molecular weight excluding hydrogens is 353 g/mol. The number of nitrogens with zero attached hydrogens (tertiary/aromatic N) is 5. The molecule has 4 aromatic heterocycles. The molecule has 1 atom stereocenters. The molecular formula is C16H10AsN5O. The Labute approximate surface area is 139 Å². The first-order chi connectivity index (χ1) is 11.3. The summed E-state index contributed by atoms with van der Waals surface area (Å²) in [5, 5.41) is 14.0. The van der Waals surface area contributed by atoms with Crippen molar-refractivity contribution in [3.8, 4) is 28.8 Å². The molecule has 110 valence electrons. The Hall–Kier alpha value is -2.90. The zero-order valence-corrected chi connectivity index (χ0v) is 14.3. The van der Waals surface area contributed by atoms with Gasteiger partial charge < -0.3 is 0 Å². The number of hydrogen-bond acceptors (Lipinski definition) is 5. The van der Waals surface area contributed by atoms with Crippen molar-refractivity contribution in [1.82, 2.24) is 19.6 Å². The minimum atomic E-state index is 0.504. The summed E-state index contributed by atoms with van der Waals surface area (Å²) < 4.78 is 7.85. The summed E-state index contributed by atoms with van der Waals surface area (Å²) in [6.07, 6.45) is 5.00. The van der Waals surface area contributed by atoms with E-state index in [9.17, 15) is 5.26 Å². The molecule has 0 aliphatic carbocycles. The third-order valence-corrected chi connectivity index (χ3v) is 4.62. The first-order valence-corrected chi connectivity index (χ1v) is 8.02. The molecule has 0 saturated heterocycles. The van der Waals surface area contributed by atoms with E-state index >= 15 is 0 Å². The van der Waals surface area contributed by atoms with Crippen molar-refractivity contribution in [2.24, 2.45) is 0 Å². The third kappa shape index (κ3) is 2.22. The Bertz CT molecular complexity index is 1030. The zero-order valence-electron chi connectivity index (χ0n) is 11.8. The fourth-order valence-electron chi connectivity index (χ4n) is 2.43. The van der Waals surface area contributed by atoms with Crippen LogP contribution in [-0.2, 0) is 0 Å². The molecule has 0 radical (unpaired) electrons. The van der Waals surface area contributed by atoms with Gasteiger partial charge in [-0.15, -0.1) is 0 Å². The summed E-state index contributed by atoms with van der Waals surface area (Å²) in [7, 11) is 0. The van der Waals surface area contributed by atoms with Crippen LogP contribution in [0.3, 0.4) is 0 Å². The molecule has 0 fully saturated rings. The Morgan fingerprint density at radius 1 is 1.22 bits per heavy atom. The van der Waals surface area contributed by atoms with Crippen LogP contribution in [0.2, 0.25) is 0 Å². The second-order valence-electron chi connectivity index (χ2n) is 4.85. The van der Waals surface area contributed by atoms with Crippen LogP contribution < -0.4 is 4.48 Å². The van der Waals surface area contributed by atoms with Crippen molar-refractivity contribution in [1.29, 1.82) is 5.26 Å². The van der Waals surface area contributed by atoms with Gasteiger partial charge in [-0.3, -0.25) is 0 Å². The number of pyridine rings is 2. The summed E-state index contributed by atoms with van der Waals surface area (Å²) in [6.45, 7) is 0. The van der Waals surface area contributed by atoms with Crippen LogP contribution in [0.25, 0.3) is 28.4 Å². The maximum atomic E-state index is 9.58. The molecule has 23 heavy (non-hydrogen) atoms. The van der Waals surface area contributed by atoms with Crippen LogP contribution in [0.4, 0.5) is 0 Å². The van der Waals surface area contributed by atoms with E-state index in [1.165, 1.54) is 16.9 Å². The monoisotopic (exact) mass is 363 g/mol. The van der Waals surface area contributed by atoms with Gasteiger partial charge >= 0.3 is 140 Å². The molecule has 4 heterocycles. The van der Waals surface area contributed by atoms with Crippen LogP contribution in [0, 0.1) is 11.3 Å². The molecule has 7 heteroatoms. The van der Waals surface area contributed by atoms with E-state index < -0.39 is 0 Å². The SMILES string of the molecule is N#Cc1c(-c2ccncc2)cc2nc(-c3ccco3)nn2c1[AsH2]. The van der Waals surface area contributed by atoms with Gasteiger partial charge in [-0.1, -0.05) is 0 Å². The fourth-order valence-corrected chi connectivity index (χ4v) is 3.29. The summed E-state index contributed by atoms with van der Waals surface area (Å²) >= 11 is 1.32. The van der Waals surface area contributed by atoms with Crippen LogP contribution >= 0.6 is 0 Å². The first-order valence-electron chi connectivity index (χ1n) is 6.81. The van der Waals surface area contributed by atoms with E-state index in [1.54, 1.807) is 29.2 Å². The first kappa shape index (κ1) is 13.7. The van der Waals surface area contributed by atoms with Gasteiger partial charge in [0.2, 0.25) is 0 Å². The van der Waals surface area contributed by atoms with E-state index in [0.717, 1.165) is 15.6 Å². The minimum absolute atomic E-state index is 0.504. The summed E-state index contributed by atoms with van der Waals surface area (Å²) in [5.74, 6) is 1.11. The van der Waals surface area contributed by atoms with Crippen molar-refractivity contribution in [3.05, 3.63) is 54.6 Å². The normalized spacial score (nSPS) is 10.8. The average molecular weight is 363 g/mol. The Kier molecular flexibility index (Phi) is 3.21. The van der Waals surface area contributed by atoms with Crippen LogP contribution in [0.15, 0.2) is 53.4 Å². The van der Waals surface area contributed by atoms with E-state index in [0.29, 0.717) is 22.8 Å². The molecule has 0 aromatic carbocycles. The molecule has 0 bridgehead atoms. The van der Waals surface area contributed by atoms with E-state index in [4.69, 9.17) is 4.42 Å². The van der Waals surface area contributed by atoms with Gasteiger partial charge in [-0.25, -0.2) is 0 Å². The van der Waals surface area contributed by atoms with Crippen molar-refractivity contribution in [2.45, 2.75) is 0 Å². The number of nitriles is 1. The van der Waals surface area contributed by atoms with Crippen LogP contribution in [0.5, 0.6) is 0 Å². The van der Waals surface area contributed by atoms with E-state index in [2.05, 4.69) is 21.1 Å². The predicted octanol–water partition coefficient (Wildman–Crippen LogP) is 1.18. The number of furan rings is 1. The van der Waals surface area contributed by atoms with Gasteiger partial charge in [0, 0.05) is 0 Å². The van der Waals surface area contributed by atoms with Crippen molar-refractivity contribution >= 4 is 27.0 Å². The molecule has 0 amide bonds. The Morgan fingerprint density at radius 2 is 2.04 bits per heavy atom. The molecule has 6 nitrogen and oxygen atoms in total. The number of fused-ring (bicyclic) bond motifs is 1. The molecule has 0 N–H and O–H groups in total. The Balaban J connectivity index is 2.00. The fraction of sp³-hybridized carbons (Fsp3) is 0. The molecule has 1 unspecified atom stereocenters. The van der Waals surface area contributed by atoms with E-state index in [-0.39, 0.29) is 0 Å². The molecule has 0 aliphatic heterocycles. The molecule has 0 saturated carbocycles. The second-order valence-corrected chi connectivity index (χ2v) is 6.00. The second kappa shape index (κ2) is 5.38. The number of rotatable bonds is 2. The number of hydrogen-bond donors (Lipinski definition) is 0. The van der Waals surface area contributed by atoms with Gasteiger partial charge in [-0.05, 0) is 0 Å². The summed E-state index contributed by atoms with van der Waals surface area (Å²) in [5.41, 5.74) is 3.04. The van der Waals surface area contributed by atoms with Gasteiger partial charge in [0.15, 0.2) is 0 Å². The quantitative estimate of drug-likeness (QED) is 0.500. The average Bonchev–Trinajstić information content (AvgIpc) is 3.25.